The monoisotopic (exact) mass is 361 g/mol. The fourth-order valence-electron chi connectivity index (χ4n) is 3.35. The van der Waals surface area contributed by atoms with Crippen molar-refractivity contribution < 1.29 is 9.59 Å². The van der Waals surface area contributed by atoms with E-state index in [4.69, 9.17) is 0 Å². The number of imidazole rings is 1. The second-order valence-electron chi connectivity index (χ2n) is 6.67. The largest absolute Gasteiger partial charge is 0.332 e. The van der Waals surface area contributed by atoms with Gasteiger partial charge < -0.3 is 4.57 Å². The summed E-state index contributed by atoms with van der Waals surface area (Å²) in [6.45, 7) is 0.909. The Morgan fingerprint density at radius 3 is 2.65 bits per heavy atom. The van der Waals surface area contributed by atoms with Gasteiger partial charge in [0.05, 0.1) is 6.33 Å². The highest BCUT2D eigenvalue weighted by atomic mass is 16.2. The number of amides is 2. The van der Waals surface area contributed by atoms with E-state index in [1.165, 1.54) is 22.8 Å². The number of rotatable bonds is 4. The zero-order valence-corrected chi connectivity index (χ0v) is 15.1. The average molecular weight is 361 g/mol. The predicted octanol–water partition coefficient (Wildman–Crippen LogP) is 0.143. The molecule has 140 valence electrons. The standard InChI is InChI=1S/C17H23N5O4/c1-19-15-14(16(25)20(2)17(19)26)21(11-18-15)9-6-8-13(24)22-10-5-3-4-7-12(22)23/h11H,3-10H2,1-2H3. The zero-order valence-electron chi connectivity index (χ0n) is 15.1. The number of imide groups is 1. The molecule has 0 saturated carbocycles. The van der Waals surface area contributed by atoms with Gasteiger partial charge in [-0.05, 0) is 19.3 Å². The zero-order chi connectivity index (χ0) is 18.8. The Balaban J connectivity index is 1.73. The maximum atomic E-state index is 12.4. The molecule has 0 aromatic carbocycles. The molecule has 0 radical (unpaired) electrons. The molecule has 2 aromatic rings. The summed E-state index contributed by atoms with van der Waals surface area (Å²) in [6, 6.07) is 0. The molecular weight excluding hydrogens is 338 g/mol. The number of nitrogens with zero attached hydrogens (tertiary/aromatic N) is 5. The van der Waals surface area contributed by atoms with Crippen molar-refractivity contribution in [3.63, 3.8) is 0 Å². The molecule has 1 aliphatic heterocycles. The van der Waals surface area contributed by atoms with Gasteiger partial charge in [0.25, 0.3) is 5.56 Å². The van der Waals surface area contributed by atoms with E-state index in [-0.39, 0.29) is 18.2 Å². The normalized spacial score (nSPS) is 15.5. The lowest BCUT2D eigenvalue weighted by Gasteiger charge is -2.18. The van der Waals surface area contributed by atoms with Crippen LogP contribution >= 0.6 is 0 Å². The number of carbonyl (C=O) groups is 2. The smallest absolute Gasteiger partial charge is 0.325 e. The van der Waals surface area contributed by atoms with Gasteiger partial charge >= 0.3 is 5.69 Å². The van der Waals surface area contributed by atoms with Crippen LogP contribution in [0.15, 0.2) is 15.9 Å². The number of hydrogen-bond donors (Lipinski definition) is 0. The van der Waals surface area contributed by atoms with Crippen LogP contribution in [0.25, 0.3) is 11.2 Å². The van der Waals surface area contributed by atoms with Gasteiger partial charge in [0.15, 0.2) is 11.2 Å². The lowest BCUT2D eigenvalue weighted by Crippen LogP contribution is -2.37. The number of hydrogen-bond acceptors (Lipinski definition) is 5. The average Bonchev–Trinajstić information content (AvgIpc) is 2.92. The molecule has 0 N–H and O–H groups in total. The van der Waals surface area contributed by atoms with Gasteiger partial charge in [0.1, 0.15) is 0 Å². The molecule has 1 fully saturated rings. The Morgan fingerprint density at radius 2 is 1.88 bits per heavy atom. The summed E-state index contributed by atoms with van der Waals surface area (Å²) in [4.78, 5) is 54.2. The quantitative estimate of drug-likeness (QED) is 0.771. The molecule has 1 aliphatic rings. The summed E-state index contributed by atoms with van der Waals surface area (Å²) < 4.78 is 4.03. The minimum atomic E-state index is -0.428. The third-order valence-corrected chi connectivity index (χ3v) is 4.88. The lowest BCUT2D eigenvalue weighted by atomic mass is 10.2. The number of aromatic nitrogens is 4. The molecule has 1 saturated heterocycles. The molecule has 2 aromatic heterocycles. The van der Waals surface area contributed by atoms with E-state index < -0.39 is 11.2 Å². The van der Waals surface area contributed by atoms with Gasteiger partial charge in [-0.25, -0.2) is 9.78 Å². The second kappa shape index (κ2) is 7.27. The van der Waals surface area contributed by atoms with Crippen molar-refractivity contribution >= 4 is 23.0 Å². The molecule has 2 amide bonds. The minimum absolute atomic E-state index is 0.0931. The van der Waals surface area contributed by atoms with E-state index in [0.29, 0.717) is 37.1 Å². The third kappa shape index (κ3) is 3.21. The van der Waals surface area contributed by atoms with Crippen LogP contribution in [0, 0.1) is 0 Å². The van der Waals surface area contributed by atoms with Crippen molar-refractivity contribution in [3.05, 3.63) is 27.2 Å². The van der Waals surface area contributed by atoms with Crippen molar-refractivity contribution in [2.45, 2.75) is 45.1 Å². The highest BCUT2D eigenvalue weighted by Crippen LogP contribution is 2.13. The molecule has 26 heavy (non-hydrogen) atoms. The molecule has 0 aliphatic carbocycles. The third-order valence-electron chi connectivity index (χ3n) is 4.88. The molecule has 0 bridgehead atoms. The molecule has 9 nitrogen and oxygen atoms in total. The first-order chi connectivity index (χ1) is 12.4. The van der Waals surface area contributed by atoms with Crippen LogP contribution in [0.3, 0.4) is 0 Å². The maximum absolute atomic E-state index is 12.4. The summed E-state index contributed by atoms with van der Waals surface area (Å²) in [7, 11) is 2.99. The number of aryl methyl sites for hydroxylation is 2. The predicted molar refractivity (Wildman–Crippen MR) is 94.6 cm³/mol. The Bertz CT molecular complexity index is 968. The molecular formula is C17H23N5O4. The number of likely N-dealkylation sites (tertiary alicyclic amines) is 1. The minimum Gasteiger partial charge on any atom is -0.325 e. The van der Waals surface area contributed by atoms with Crippen LogP contribution in [0.4, 0.5) is 0 Å². The van der Waals surface area contributed by atoms with E-state index in [1.807, 2.05) is 0 Å². The molecule has 3 heterocycles. The van der Waals surface area contributed by atoms with Crippen LogP contribution in [0.1, 0.15) is 38.5 Å². The van der Waals surface area contributed by atoms with E-state index in [2.05, 4.69) is 4.98 Å². The van der Waals surface area contributed by atoms with Crippen molar-refractivity contribution in [2.24, 2.45) is 14.1 Å². The Hall–Kier alpha value is -2.71. The first kappa shape index (κ1) is 18.1. The summed E-state index contributed by atoms with van der Waals surface area (Å²) >= 11 is 0. The first-order valence-corrected chi connectivity index (χ1v) is 8.86. The Labute approximate surface area is 149 Å². The summed E-state index contributed by atoms with van der Waals surface area (Å²) in [5, 5.41) is 0. The summed E-state index contributed by atoms with van der Waals surface area (Å²) in [6.07, 6.45) is 5.32. The number of fused-ring (bicyclic) bond motifs is 1. The fourth-order valence-corrected chi connectivity index (χ4v) is 3.35. The molecule has 0 atom stereocenters. The van der Waals surface area contributed by atoms with Gasteiger partial charge in [-0.15, -0.1) is 0 Å². The van der Waals surface area contributed by atoms with E-state index >= 15 is 0 Å². The molecule has 0 unspecified atom stereocenters. The van der Waals surface area contributed by atoms with Crippen molar-refractivity contribution in [1.29, 1.82) is 0 Å². The van der Waals surface area contributed by atoms with Crippen molar-refractivity contribution in [3.8, 4) is 0 Å². The SMILES string of the molecule is Cn1c(=O)c2c(ncn2CCCC(=O)N2CCCCCC2=O)n(C)c1=O. The van der Waals surface area contributed by atoms with E-state index in [0.717, 1.165) is 23.8 Å². The maximum Gasteiger partial charge on any atom is 0.332 e. The van der Waals surface area contributed by atoms with Gasteiger partial charge in [0.2, 0.25) is 11.8 Å². The van der Waals surface area contributed by atoms with Crippen LogP contribution < -0.4 is 11.2 Å². The lowest BCUT2D eigenvalue weighted by molar-refractivity contribution is -0.144. The fraction of sp³-hybridized carbons (Fsp3) is 0.588. The van der Waals surface area contributed by atoms with Crippen molar-refractivity contribution in [2.75, 3.05) is 6.54 Å². The Morgan fingerprint density at radius 1 is 1.12 bits per heavy atom. The summed E-state index contributed by atoms with van der Waals surface area (Å²) in [5.74, 6) is -0.258. The van der Waals surface area contributed by atoms with Crippen LogP contribution in [-0.4, -0.2) is 41.9 Å². The number of carbonyl (C=O) groups excluding carboxylic acids is 2. The Kier molecular flexibility index (Phi) is 5.06. The van der Waals surface area contributed by atoms with Crippen molar-refractivity contribution in [1.82, 2.24) is 23.6 Å². The van der Waals surface area contributed by atoms with Crippen LogP contribution in [-0.2, 0) is 30.2 Å². The topological polar surface area (TPSA) is 99.2 Å². The summed E-state index contributed by atoms with van der Waals surface area (Å²) in [5.41, 5.74) is -0.169. The van der Waals surface area contributed by atoms with Gasteiger partial charge in [-0.1, -0.05) is 6.42 Å². The molecule has 9 heteroatoms. The second-order valence-corrected chi connectivity index (χ2v) is 6.67. The molecule has 3 rings (SSSR count). The van der Waals surface area contributed by atoms with Gasteiger partial charge in [-0.2, -0.15) is 0 Å². The first-order valence-electron chi connectivity index (χ1n) is 8.86. The highest BCUT2D eigenvalue weighted by molar-refractivity contribution is 5.95. The van der Waals surface area contributed by atoms with Crippen LogP contribution in [0.5, 0.6) is 0 Å². The van der Waals surface area contributed by atoms with Gasteiger partial charge in [-0.3, -0.25) is 28.4 Å². The van der Waals surface area contributed by atoms with E-state index in [9.17, 15) is 19.2 Å². The van der Waals surface area contributed by atoms with E-state index in [1.54, 1.807) is 11.6 Å². The highest BCUT2D eigenvalue weighted by Gasteiger charge is 2.22. The van der Waals surface area contributed by atoms with Crippen LogP contribution in [0.2, 0.25) is 0 Å². The van der Waals surface area contributed by atoms with Gasteiger partial charge in [0, 0.05) is 40.0 Å². The molecule has 0 spiro atoms.